The maximum absolute atomic E-state index is 12.1. The van der Waals surface area contributed by atoms with Gasteiger partial charge in [0.1, 0.15) is 5.75 Å². The van der Waals surface area contributed by atoms with E-state index in [9.17, 15) is 4.79 Å². The third-order valence-electron chi connectivity index (χ3n) is 3.10. The summed E-state index contributed by atoms with van der Waals surface area (Å²) in [6.45, 7) is 2.33. The summed E-state index contributed by atoms with van der Waals surface area (Å²) in [6, 6.07) is 6.77. The van der Waals surface area contributed by atoms with Crippen LogP contribution in [0.5, 0.6) is 5.75 Å². The molecule has 108 valence electrons. The zero-order valence-corrected chi connectivity index (χ0v) is 12.0. The van der Waals surface area contributed by atoms with Crippen molar-refractivity contribution in [1.82, 2.24) is 4.90 Å². The first kappa shape index (κ1) is 15.8. The highest BCUT2D eigenvalue weighted by molar-refractivity contribution is 5.96. The summed E-state index contributed by atoms with van der Waals surface area (Å²) in [6.07, 6.45) is 0.388. The molecule has 0 spiro atoms. The van der Waals surface area contributed by atoms with Crippen molar-refractivity contribution in [2.24, 2.45) is 0 Å². The third-order valence-corrected chi connectivity index (χ3v) is 3.10. The van der Waals surface area contributed by atoms with Crippen LogP contribution in [0.1, 0.15) is 13.3 Å². The van der Waals surface area contributed by atoms with Gasteiger partial charge in [0, 0.05) is 24.7 Å². The number of likely N-dealkylation sites (N-methyl/N-ethyl adjacent to an activating group) is 1. The van der Waals surface area contributed by atoms with E-state index in [1.165, 1.54) is 7.11 Å². The van der Waals surface area contributed by atoms with Gasteiger partial charge in [-0.1, -0.05) is 0 Å². The van der Waals surface area contributed by atoms with E-state index in [4.69, 9.17) is 15.7 Å². The Bertz CT molecular complexity index is 510. The van der Waals surface area contributed by atoms with E-state index < -0.39 is 0 Å². The monoisotopic (exact) mass is 276 g/mol. The highest BCUT2D eigenvalue weighted by Crippen LogP contribution is 2.26. The second-order valence-electron chi connectivity index (χ2n) is 4.51. The van der Waals surface area contributed by atoms with E-state index in [2.05, 4.69) is 11.4 Å². The van der Waals surface area contributed by atoms with Gasteiger partial charge in [-0.3, -0.25) is 9.69 Å². The van der Waals surface area contributed by atoms with Crippen LogP contribution in [0.15, 0.2) is 18.2 Å². The smallest absolute Gasteiger partial charge is 0.241 e. The lowest BCUT2D eigenvalue weighted by Crippen LogP contribution is -2.40. The summed E-state index contributed by atoms with van der Waals surface area (Å²) in [4.78, 5) is 14.0. The van der Waals surface area contributed by atoms with Crippen molar-refractivity contribution < 1.29 is 9.53 Å². The van der Waals surface area contributed by atoms with Crippen LogP contribution in [0, 0.1) is 11.3 Å². The molecule has 1 amide bonds. The molecule has 1 aromatic rings. The van der Waals surface area contributed by atoms with Crippen LogP contribution in [0.3, 0.4) is 0 Å². The molecule has 20 heavy (non-hydrogen) atoms. The number of hydrogen-bond acceptors (Lipinski definition) is 5. The molecule has 6 nitrogen and oxygen atoms in total. The molecule has 0 bridgehead atoms. The molecular weight excluding hydrogens is 256 g/mol. The van der Waals surface area contributed by atoms with Crippen LogP contribution in [0.2, 0.25) is 0 Å². The van der Waals surface area contributed by atoms with E-state index in [0.29, 0.717) is 30.1 Å². The molecule has 0 saturated heterocycles. The number of anilines is 2. The summed E-state index contributed by atoms with van der Waals surface area (Å²) in [5.41, 5.74) is 6.81. The van der Waals surface area contributed by atoms with Crippen molar-refractivity contribution in [2.75, 3.05) is 31.8 Å². The Hall–Kier alpha value is -2.26. The Morgan fingerprint density at radius 1 is 1.60 bits per heavy atom. The number of carbonyl (C=O) groups is 1. The van der Waals surface area contributed by atoms with E-state index >= 15 is 0 Å². The molecule has 1 atom stereocenters. The highest BCUT2D eigenvalue weighted by atomic mass is 16.5. The van der Waals surface area contributed by atoms with Crippen molar-refractivity contribution in [3.63, 3.8) is 0 Å². The number of ether oxygens (including phenoxy) is 1. The van der Waals surface area contributed by atoms with Crippen molar-refractivity contribution in [2.45, 2.75) is 19.4 Å². The van der Waals surface area contributed by atoms with Crippen molar-refractivity contribution in [3.8, 4) is 11.8 Å². The van der Waals surface area contributed by atoms with Crippen molar-refractivity contribution >= 4 is 17.3 Å². The Morgan fingerprint density at radius 3 is 2.90 bits per heavy atom. The van der Waals surface area contributed by atoms with Crippen LogP contribution in [-0.2, 0) is 4.79 Å². The second-order valence-corrected chi connectivity index (χ2v) is 4.51. The number of nitrogens with one attached hydrogen (secondary N) is 1. The number of nitrogens with zero attached hydrogens (tertiary/aromatic N) is 2. The quantitative estimate of drug-likeness (QED) is 0.767. The Morgan fingerprint density at radius 2 is 2.30 bits per heavy atom. The minimum Gasteiger partial charge on any atom is -0.494 e. The number of carbonyl (C=O) groups excluding carboxylic acids is 1. The lowest BCUT2D eigenvalue weighted by Gasteiger charge is -2.23. The number of rotatable bonds is 6. The van der Waals surface area contributed by atoms with Crippen LogP contribution in [0.25, 0.3) is 0 Å². The van der Waals surface area contributed by atoms with Gasteiger partial charge in [-0.25, -0.2) is 0 Å². The molecule has 0 heterocycles. The van der Waals surface area contributed by atoms with Gasteiger partial charge in [0.25, 0.3) is 0 Å². The van der Waals surface area contributed by atoms with Gasteiger partial charge in [0.15, 0.2) is 0 Å². The van der Waals surface area contributed by atoms with Crippen LogP contribution in [-0.4, -0.2) is 37.6 Å². The molecule has 6 heteroatoms. The minimum atomic E-state index is -0.342. The zero-order valence-electron chi connectivity index (χ0n) is 12.0. The van der Waals surface area contributed by atoms with Crippen LogP contribution < -0.4 is 15.8 Å². The van der Waals surface area contributed by atoms with E-state index in [1.807, 2.05) is 11.9 Å². The number of benzene rings is 1. The summed E-state index contributed by atoms with van der Waals surface area (Å²) in [7, 11) is 3.33. The Kier molecular flexibility index (Phi) is 5.81. The van der Waals surface area contributed by atoms with E-state index in [1.54, 1.807) is 25.1 Å². The van der Waals surface area contributed by atoms with Crippen molar-refractivity contribution in [3.05, 3.63) is 18.2 Å². The molecule has 0 aliphatic rings. The molecule has 0 aliphatic carbocycles. The summed E-state index contributed by atoms with van der Waals surface area (Å²) in [5.74, 6) is 0.360. The van der Waals surface area contributed by atoms with Gasteiger partial charge in [0.2, 0.25) is 5.91 Å². The molecule has 3 N–H and O–H groups in total. The number of nitrogens with two attached hydrogens (primary N) is 1. The maximum atomic E-state index is 12.1. The average Bonchev–Trinajstić information content (AvgIpc) is 2.45. The van der Waals surface area contributed by atoms with E-state index in [0.717, 1.165) is 0 Å². The van der Waals surface area contributed by atoms with Gasteiger partial charge in [0.05, 0.1) is 24.9 Å². The maximum Gasteiger partial charge on any atom is 0.241 e. The fraction of sp³-hybridized carbons (Fsp3) is 0.429. The second kappa shape index (κ2) is 7.36. The van der Waals surface area contributed by atoms with Gasteiger partial charge in [-0.05, 0) is 26.1 Å². The molecule has 0 saturated carbocycles. The van der Waals surface area contributed by atoms with Gasteiger partial charge in [-0.2, -0.15) is 5.26 Å². The first-order valence-electron chi connectivity index (χ1n) is 6.31. The fourth-order valence-electron chi connectivity index (χ4n) is 1.67. The molecule has 0 aromatic heterocycles. The summed E-state index contributed by atoms with van der Waals surface area (Å²) in [5, 5.41) is 11.4. The minimum absolute atomic E-state index is 0.159. The Labute approximate surface area is 119 Å². The van der Waals surface area contributed by atoms with E-state index in [-0.39, 0.29) is 11.9 Å². The molecule has 0 fully saturated rings. The molecular formula is C14H20N4O2. The first-order chi connectivity index (χ1) is 9.49. The molecule has 0 radical (unpaired) electrons. The van der Waals surface area contributed by atoms with Gasteiger partial charge >= 0.3 is 0 Å². The summed E-state index contributed by atoms with van der Waals surface area (Å²) >= 11 is 0. The zero-order chi connectivity index (χ0) is 15.1. The molecule has 1 unspecified atom stereocenters. The predicted octanol–water partition coefficient (Wildman–Crippen LogP) is 1.45. The fourth-order valence-corrected chi connectivity index (χ4v) is 1.67. The van der Waals surface area contributed by atoms with Gasteiger partial charge < -0.3 is 15.8 Å². The van der Waals surface area contributed by atoms with Crippen LogP contribution >= 0.6 is 0 Å². The van der Waals surface area contributed by atoms with Crippen LogP contribution in [0.4, 0.5) is 11.4 Å². The number of methoxy groups -OCH3 is 1. The predicted molar refractivity (Wildman–Crippen MR) is 78.4 cm³/mol. The molecule has 1 aromatic carbocycles. The topological polar surface area (TPSA) is 91.4 Å². The average molecular weight is 276 g/mol. The van der Waals surface area contributed by atoms with Crippen molar-refractivity contribution in [1.29, 1.82) is 5.26 Å². The van der Waals surface area contributed by atoms with Gasteiger partial charge in [-0.15, -0.1) is 0 Å². The normalized spacial score (nSPS) is 11.8. The lowest BCUT2D eigenvalue weighted by atomic mass is 10.2. The molecule has 1 rings (SSSR count). The third kappa shape index (κ3) is 4.14. The molecule has 0 aliphatic heterocycles. The largest absolute Gasteiger partial charge is 0.494 e. The standard InChI is InChI=1S/C14H20N4O2/c1-10(18(2)8-4-7-15)14(19)17-12-6-5-11(16)9-13(12)20-3/h5-6,9-10H,4,8,16H2,1-3H3,(H,17,19). The summed E-state index contributed by atoms with van der Waals surface area (Å²) < 4.78 is 5.18. The highest BCUT2D eigenvalue weighted by Gasteiger charge is 2.19. The number of nitriles is 1. The Balaban J connectivity index is 2.73. The lowest BCUT2D eigenvalue weighted by molar-refractivity contribution is -0.120. The first-order valence-corrected chi connectivity index (χ1v) is 6.31. The number of nitrogen functional groups attached to an aromatic ring is 1. The SMILES string of the molecule is COc1cc(N)ccc1NC(=O)C(C)N(C)CCC#N. The number of hydrogen-bond donors (Lipinski definition) is 2. The number of amides is 1.